The Bertz CT molecular complexity index is 388. The second-order valence-corrected chi connectivity index (χ2v) is 4.64. The van der Waals surface area contributed by atoms with Crippen molar-refractivity contribution in [3.05, 3.63) is 16.4 Å². The topological polar surface area (TPSA) is 47.1 Å². The molecule has 0 bridgehead atoms. The number of hydrogen-bond acceptors (Lipinski definition) is 3. The van der Waals surface area contributed by atoms with Crippen LogP contribution in [0.4, 0.5) is 0 Å². The summed E-state index contributed by atoms with van der Waals surface area (Å²) < 4.78 is 1.81. The van der Waals surface area contributed by atoms with Gasteiger partial charge in [0.1, 0.15) is 0 Å². The highest BCUT2D eigenvalue weighted by molar-refractivity contribution is 7.80. The van der Waals surface area contributed by atoms with Crippen molar-refractivity contribution < 1.29 is 0 Å². The predicted octanol–water partition coefficient (Wildman–Crippen LogP) is 1.49. The molecule has 2 N–H and O–H groups in total. The maximum absolute atomic E-state index is 6.18. The second-order valence-electron chi connectivity index (χ2n) is 3.74. The molecule has 4 nitrogen and oxygen atoms in total. The largest absolute Gasteiger partial charge is 0.392 e. The number of nitrogens with two attached hydrogens (primary N) is 1. The van der Waals surface area contributed by atoms with Gasteiger partial charge in [-0.2, -0.15) is 5.10 Å². The van der Waals surface area contributed by atoms with E-state index in [9.17, 15) is 0 Å². The number of aromatic nitrogens is 2. The van der Waals surface area contributed by atoms with Gasteiger partial charge in [0.25, 0.3) is 0 Å². The van der Waals surface area contributed by atoms with Crippen LogP contribution >= 0.6 is 23.8 Å². The molecule has 1 aromatic rings. The van der Waals surface area contributed by atoms with Crippen molar-refractivity contribution >= 4 is 28.8 Å². The molecule has 1 rings (SSSR count). The molecule has 1 aromatic heterocycles. The summed E-state index contributed by atoms with van der Waals surface area (Å²) in [7, 11) is 1.89. The summed E-state index contributed by atoms with van der Waals surface area (Å²) in [5.74, 6) is 0. The highest BCUT2D eigenvalue weighted by Crippen LogP contribution is 2.20. The number of hydrogen-bond donors (Lipinski definition) is 1. The van der Waals surface area contributed by atoms with E-state index in [0.717, 1.165) is 23.0 Å². The Kier molecular flexibility index (Phi) is 4.70. The third kappa shape index (κ3) is 3.17. The maximum Gasteiger partial charge on any atom is 0.0870 e. The number of nitrogens with zero attached hydrogens (tertiary/aromatic N) is 3. The number of halogens is 1. The molecule has 0 aliphatic rings. The first-order valence-corrected chi connectivity index (χ1v) is 5.93. The van der Waals surface area contributed by atoms with E-state index in [4.69, 9.17) is 29.6 Å². The Balaban J connectivity index is 2.81. The van der Waals surface area contributed by atoms with Crippen LogP contribution in [0, 0.1) is 6.92 Å². The normalized spacial score (nSPS) is 11.1. The monoisotopic (exact) mass is 260 g/mol. The van der Waals surface area contributed by atoms with Gasteiger partial charge >= 0.3 is 0 Å². The fourth-order valence-corrected chi connectivity index (χ4v) is 1.97. The molecule has 0 spiro atoms. The lowest BCUT2D eigenvalue weighted by Crippen LogP contribution is -2.32. The molecule has 90 valence electrons. The van der Waals surface area contributed by atoms with E-state index in [1.54, 1.807) is 4.68 Å². The first-order chi connectivity index (χ1) is 7.45. The van der Waals surface area contributed by atoms with E-state index in [2.05, 4.69) is 16.9 Å². The van der Waals surface area contributed by atoms with Crippen molar-refractivity contribution in [2.24, 2.45) is 12.8 Å². The minimum atomic E-state index is 0.497. The minimum absolute atomic E-state index is 0.497. The predicted molar refractivity (Wildman–Crippen MR) is 70.7 cm³/mol. The highest BCUT2D eigenvalue weighted by atomic mass is 35.5. The molecule has 0 radical (unpaired) electrons. The van der Waals surface area contributed by atoms with E-state index in [-0.39, 0.29) is 0 Å². The fraction of sp³-hybridized carbons (Fsp3) is 0.600. The van der Waals surface area contributed by atoms with Crippen LogP contribution in [0.5, 0.6) is 0 Å². The van der Waals surface area contributed by atoms with E-state index in [1.807, 2.05) is 14.0 Å². The quantitative estimate of drug-likeness (QED) is 0.815. The van der Waals surface area contributed by atoms with Gasteiger partial charge in [0, 0.05) is 20.1 Å². The molecule has 0 aliphatic carbocycles. The van der Waals surface area contributed by atoms with Crippen LogP contribution in [0.15, 0.2) is 0 Å². The molecule has 0 saturated heterocycles. The molecule has 0 aliphatic heterocycles. The van der Waals surface area contributed by atoms with Crippen molar-refractivity contribution in [1.29, 1.82) is 0 Å². The zero-order valence-corrected chi connectivity index (χ0v) is 11.4. The van der Waals surface area contributed by atoms with Crippen molar-refractivity contribution in [2.75, 3.05) is 13.1 Å². The average Bonchev–Trinajstić information content (AvgIpc) is 2.43. The van der Waals surface area contributed by atoms with Crippen LogP contribution in [-0.2, 0) is 13.6 Å². The number of likely N-dealkylation sites (N-methyl/N-ethyl adjacent to an activating group) is 1. The van der Waals surface area contributed by atoms with E-state index in [0.29, 0.717) is 18.1 Å². The van der Waals surface area contributed by atoms with Gasteiger partial charge < -0.3 is 5.73 Å². The molecule has 0 amide bonds. The summed E-state index contributed by atoms with van der Waals surface area (Å²) in [4.78, 5) is 2.63. The first kappa shape index (κ1) is 13.4. The summed E-state index contributed by atoms with van der Waals surface area (Å²) in [6, 6.07) is 0. The summed E-state index contributed by atoms with van der Waals surface area (Å²) >= 11 is 11.1. The van der Waals surface area contributed by atoms with Crippen LogP contribution in [0.2, 0.25) is 5.02 Å². The van der Waals surface area contributed by atoms with Gasteiger partial charge in [0.15, 0.2) is 0 Å². The summed E-state index contributed by atoms with van der Waals surface area (Å²) in [5.41, 5.74) is 7.39. The molecule has 0 saturated carbocycles. The van der Waals surface area contributed by atoms with E-state index in [1.165, 1.54) is 0 Å². The molecule has 16 heavy (non-hydrogen) atoms. The lowest BCUT2D eigenvalue weighted by atomic mass is 10.3. The van der Waals surface area contributed by atoms with Crippen molar-refractivity contribution in [2.45, 2.75) is 20.4 Å². The van der Waals surface area contributed by atoms with Gasteiger partial charge in [0.05, 0.1) is 21.4 Å². The number of aryl methyl sites for hydroxylation is 2. The molecule has 6 heteroatoms. The summed E-state index contributed by atoms with van der Waals surface area (Å²) in [6.45, 7) is 6.15. The number of thiocarbonyl (C=S) groups is 1. The SMILES string of the molecule is CCN(CC(N)=S)Cc1c(Cl)c(C)nn1C. The Hall–Kier alpha value is -0.650. The zero-order valence-electron chi connectivity index (χ0n) is 9.83. The summed E-state index contributed by atoms with van der Waals surface area (Å²) in [5, 5.41) is 5.00. The van der Waals surface area contributed by atoms with Gasteiger partial charge in [-0.3, -0.25) is 9.58 Å². The zero-order chi connectivity index (χ0) is 12.3. The molecule has 0 fully saturated rings. The van der Waals surface area contributed by atoms with Crippen LogP contribution in [0.3, 0.4) is 0 Å². The van der Waals surface area contributed by atoms with Gasteiger partial charge in [0.2, 0.25) is 0 Å². The summed E-state index contributed by atoms with van der Waals surface area (Å²) in [6.07, 6.45) is 0. The molecular weight excluding hydrogens is 244 g/mol. The van der Waals surface area contributed by atoms with E-state index < -0.39 is 0 Å². The maximum atomic E-state index is 6.18. The average molecular weight is 261 g/mol. The Morgan fingerprint density at radius 2 is 2.25 bits per heavy atom. The second kappa shape index (κ2) is 5.61. The first-order valence-electron chi connectivity index (χ1n) is 5.14. The van der Waals surface area contributed by atoms with Gasteiger partial charge in [-0.05, 0) is 13.5 Å². The van der Waals surface area contributed by atoms with Crippen molar-refractivity contribution in [3.63, 3.8) is 0 Å². The molecule has 1 heterocycles. The van der Waals surface area contributed by atoms with Crippen LogP contribution in [0.1, 0.15) is 18.3 Å². The van der Waals surface area contributed by atoms with Crippen LogP contribution < -0.4 is 5.73 Å². The lowest BCUT2D eigenvalue weighted by molar-refractivity contribution is 0.311. The standard InChI is InChI=1S/C10H17ClN4S/c1-4-15(6-9(12)16)5-8-10(11)7(2)13-14(8)3/h4-6H2,1-3H3,(H2,12,16). The highest BCUT2D eigenvalue weighted by Gasteiger charge is 2.14. The Labute approximate surface area is 106 Å². The lowest BCUT2D eigenvalue weighted by Gasteiger charge is -2.19. The minimum Gasteiger partial charge on any atom is -0.392 e. The third-order valence-electron chi connectivity index (χ3n) is 2.46. The van der Waals surface area contributed by atoms with Gasteiger partial charge in [-0.1, -0.05) is 30.7 Å². The van der Waals surface area contributed by atoms with Crippen molar-refractivity contribution in [1.82, 2.24) is 14.7 Å². The Morgan fingerprint density at radius 3 is 2.62 bits per heavy atom. The molecule has 0 atom stereocenters. The van der Waals surface area contributed by atoms with Gasteiger partial charge in [-0.25, -0.2) is 0 Å². The van der Waals surface area contributed by atoms with Gasteiger partial charge in [-0.15, -0.1) is 0 Å². The third-order valence-corrected chi connectivity index (χ3v) is 3.08. The van der Waals surface area contributed by atoms with Crippen LogP contribution in [-0.4, -0.2) is 32.8 Å². The Morgan fingerprint density at radius 1 is 1.62 bits per heavy atom. The molecule has 0 aromatic carbocycles. The smallest absolute Gasteiger partial charge is 0.0870 e. The molecular formula is C10H17ClN4S. The van der Waals surface area contributed by atoms with Crippen LogP contribution in [0.25, 0.3) is 0 Å². The fourth-order valence-electron chi connectivity index (χ4n) is 1.56. The number of rotatable bonds is 5. The van der Waals surface area contributed by atoms with Crippen molar-refractivity contribution in [3.8, 4) is 0 Å². The molecule has 0 unspecified atom stereocenters. The van der Waals surface area contributed by atoms with E-state index >= 15 is 0 Å².